The lowest BCUT2D eigenvalue weighted by Crippen LogP contribution is -2.50. The van der Waals surface area contributed by atoms with Crippen molar-refractivity contribution in [2.45, 2.75) is 0 Å². The average Bonchev–Trinajstić information content (AvgIpc) is 2.26. The molecule has 2 aromatic heterocycles. The first-order valence-electron chi connectivity index (χ1n) is 5.29. The largest absolute Gasteiger partial charge is 0.481 e. The molecule has 2 aromatic rings. The summed E-state index contributed by atoms with van der Waals surface area (Å²) in [6.07, 6.45) is 3.21. The van der Waals surface area contributed by atoms with Crippen molar-refractivity contribution in [2.75, 3.05) is 18.0 Å². The Bertz CT molecular complexity index is 580. The highest BCUT2D eigenvalue weighted by molar-refractivity contribution is 5.76. The Labute approximate surface area is 96.9 Å². The molecule has 0 unspecified atom stereocenters. The molecule has 17 heavy (non-hydrogen) atoms. The van der Waals surface area contributed by atoms with Crippen molar-refractivity contribution in [1.82, 2.24) is 15.0 Å². The van der Waals surface area contributed by atoms with Crippen LogP contribution in [-0.2, 0) is 4.79 Å². The number of aromatic nitrogens is 3. The van der Waals surface area contributed by atoms with E-state index in [4.69, 9.17) is 5.11 Å². The highest BCUT2D eigenvalue weighted by Crippen LogP contribution is 2.23. The number of hydrogen-bond acceptors (Lipinski definition) is 5. The second-order valence-electron chi connectivity index (χ2n) is 4.01. The van der Waals surface area contributed by atoms with Gasteiger partial charge in [0, 0.05) is 25.5 Å². The third-order valence-corrected chi connectivity index (χ3v) is 2.87. The molecule has 86 valence electrons. The molecule has 0 amide bonds. The molecular formula is C11H10N4O2. The van der Waals surface area contributed by atoms with Crippen LogP contribution in [0.3, 0.4) is 0 Å². The Balaban J connectivity index is 1.85. The highest BCUT2D eigenvalue weighted by atomic mass is 16.4. The van der Waals surface area contributed by atoms with Gasteiger partial charge < -0.3 is 10.0 Å². The maximum Gasteiger partial charge on any atom is 0.310 e. The van der Waals surface area contributed by atoms with Gasteiger partial charge in [0.05, 0.1) is 5.92 Å². The van der Waals surface area contributed by atoms with E-state index in [0.717, 1.165) is 11.3 Å². The predicted molar refractivity (Wildman–Crippen MR) is 60.7 cm³/mol. The Morgan fingerprint density at radius 3 is 2.82 bits per heavy atom. The van der Waals surface area contributed by atoms with Crippen molar-refractivity contribution in [1.29, 1.82) is 0 Å². The Morgan fingerprint density at radius 1 is 1.29 bits per heavy atom. The third kappa shape index (κ3) is 1.67. The fourth-order valence-electron chi connectivity index (χ4n) is 1.84. The van der Waals surface area contributed by atoms with Gasteiger partial charge >= 0.3 is 5.97 Å². The molecule has 6 heteroatoms. The van der Waals surface area contributed by atoms with E-state index in [2.05, 4.69) is 15.0 Å². The summed E-state index contributed by atoms with van der Waals surface area (Å²) in [5.41, 5.74) is 1.33. The lowest BCUT2D eigenvalue weighted by Gasteiger charge is -2.37. The van der Waals surface area contributed by atoms with E-state index < -0.39 is 5.97 Å². The number of carboxylic acid groups (broad SMARTS) is 1. The lowest BCUT2D eigenvalue weighted by molar-refractivity contribution is -0.142. The SMILES string of the molecule is O=C(O)C1CN(c2ccc3nccnc3n2)C1. The highest BCUT2D eigenvalue weighted by Gasteiger charge is 2.33. The molecule has 1 N–H and O–H groups in total. The van der Waals surface area contributed by atoms with Gasteiger partial charge in [-0.2, -0.15) is 0 Å². The first kappa shape index (κ1) is 9.95. The van der Waals surface area contributed by atoms with E-state index >= 15 is 0 Å². The Hall–Kier alpha value is -2.24. The lowest BCUT2D eigenvalue weighted by atomic mass is 10.0. The number of hydrogen-bond donors (Lipinski definition) is 1. The Kier molecular flexibility index (Phi) is 2.14. The zero-order valence-electron chi connectivity index (χ0n) is 8.95. The molecule has 0 radical (unpaired) electrons. The van der Waals surface area contributed by atoms with Crippen LogP contribution in [0.1, 0.15) is 0 Å². The van der Waals surface area contributed by atoms with Crippen LogP contribution in [0.5, 0.6) is 0 Å². The van der Waals surface area contributed by atoms with E-state index in [1.165, 1.54) is 0 Å². The number of nitrogens with zero attached hydrogens (tertiary/aromatic N) is 4. The summed E-state index contributed by atoms with van der Waals surface area (Å²) < 4.78 is 0. The summed E-state index contributed by atoms with van der Waals surface area (Å²) in [5.74, 6) is -0.272. The fraction of sp³-hybridized carbons (Fsp3) is 0.273. The van der Waals surface area contributed by atoms with E-state index in [0.29, 0.717) is 18.7 Å². The van der Waals surface area contributed by atoms with Crippen LogP contribution >= 0.6 is 0 Å². The van der Waals surface area contributed by atoms with Crippen LogP contribution in [0.4, 0.5) is 5.82 Å². The summed E-state index contributed by atoms with van der Waals surface area (Å²) in [7, 11) is 0. The minimum Gasteiger partial charge on any atom is -0.481 e. The molecule has 1 saturated heterocycles. The first-order chi connectivity index (χ1) is 8.24. The summed E-state index contributed by atoms with van der Waals surface area (Å²) in [6, 6.07) is 3.69. The monoisotopic (exact) mass is 230 g/mol. The van der Waals surface area contributed by atoms with Crippen LogP contribution in [0.25, 0.3) is 11.2 Å². The van der Waals surface area contributed by atoms with Gasteiger partial charge in [-0.05, 0) is 12.1 Å². The van der Waals surface area contributed by atoms with Crippen LogP contribution < -0.4 is 4.90 Å². The van der Waals surface area contributed by atoms with Crippen molar-refractivity contribution in [3.05, 3.63) is 24.5 Å². The van der Waals surface area contributed by atoms with Crippen molar-refractivity contribution in [3.8, 4) is 0 Å². The van der Waals surface area contributed by atoms with Crippen LogP contribution in [-0.4, -0.2) is 39.1 Å². The quantitative estimate of drug-likeness (QED) is 0.811. The number of carboxylic acids is 1. The second kappa shape index (κ2) is 3.65. The molecule has 3 rings (SSSR count). The van der Waals surface area contributed by atoms with Crippen LogP contribution in [0, 0.1) is 5.92 Å². The maximum atomic E-state index is 10.7. The van der Waals surface area contributed by atoms with Crippen molar-refractivity contribution >= 4 is 23.0 Å². The van der Waals surface area contributed by atoms with Crippen molar-refractivity contribution in [3.63, 3.8) is 0 Å². The summed E-state index contributed by atoms with van der Waals surface area (Å²) in [5, 5.41) is 8.80. The second-order valence-corrected chi connectivity index (χ2v) is 4.01. The molecule has 0 aliphatic carbocycles. The van der Waals surface area contributed by atoms with Gasteiger partial charge in [-0.3, -0.25) is 9.78 Å². The van der Waals surface area contributed by atoms with Gasteiger partial charge in [-0.15, -0.1) is 0 Å². The molecular weight excluding hydrogens is 220 g/mol. The van der Waals surface area contributed by atoms with Gasteiger partial charge in [-0.25, -0.2) is 9.97 Å². The number of aliphatic carboxylic acids is 1. The maximum absolute atomic E-state index is 10.7. The minimum atomic E-state index is -0.748. The van der Waals surface area contributed by atoms with Gasteiger partial charge in [0.2, 0.25) is 0 Å². The van der Waals surface area contributed by atoms with Gasteiger partial charge in [0.1, 0.15) is 11.3 Å². The summed E-state index contributed by atoms with van der Waals surface area (Å²) in [6.45, 7) is 1.02. The minimum absolute atomic E-state index is 0.283. The van der Waals surface area contributed by atoms with Crippen molar-refractivity contribution < 1.29 is 9.90 Å². The van der Waals surface area contributed by atoms with Crippen LogP contribution in [0.2, 0.25) is 0 Å². The van der Waals surface area contributed by atoms with E-state index in [-0.39, 0.29) is 5.92 Å². The number of pyridine rings is 1. The zero-order chi connectivity index (χ0) is 11.8. The number of rotatable bonds is 2. The molecule has 6 nitrogen and oxygen atoms in total. The first-order valence-corrected chi connectivity index (χ1v) is 5.29. The Morgan fingerprint density at radius 2 is 2.06 bits per heavy atom. The topological polar surface area (TPSA) is 79.2 Å². The number of fused-ring (bicyclic) bond motifs is 1. The molecule has 0 atom stereocenters. The number of carbonyl (C=O) groups is 1. The predicted octanol–water partition coefficient (Wildman–Crippen LogP) is 0.546. The van der Waals surface area contributed by atoms with E-state index in [9.17, 15) is 4.79 Å². The number of anilines is 1. The van der Waals surface area contributed by atoms with Gasteiger partial charge in [-0.1, -0.05) is 0 Å². The van der Waals surface area contributed by atoms with E-state index in [1.54, 1.807) is 12.4 Å². The van der Waals surface area contributed by atoms with Gasteiger partial charge in [0.25, 0.3) is 0 Å². The zero-order valence-corrected chi connectivity index (χ0v) is 8.95. The summed E-state index contributed by atoms with van der Waals surface area (Å²) >= 11 is 0. The fourth-order valence-corrected chi connectivity index (χ4v) is 1.84. The molecule has 1 aliphatic rings. The van der Waals surface area contributed by atoms with E-state index in [1.807, 2.05) is 17.0 Å². The third-order valence-electron chi connectivity index (χ3n) is 2.87. The molecule has 0 saturated carbocycles. The average molecular weight is 230 g/mol. The van der Waals surface area contributed by atoms with Gasteiger partial charge in [0.15, 0.2) is 5.65 Å². The van der Waals surface area contributed by atoms with Crippen molar-refractivity contribution in [2.24, 2.45) is 5.92 Å². The normalized spacial score (nSPS) is 15.9. The molecule has 1 fully saturated rings. The molecule has 0 bridgehead atoms. The smallest absolute Gasteiger partial charge is 0.310 e. The molecule has 3 heterocycles. The molecule has 0 aromatic carbocycles. The standard InChI is InChI=1S/C11H10N4O2/c16-11(17)7-5-15(6-7)9-2-1-8-10(14-9)13-4-3-12-8/h1-4,7H,5-6H2,(H,16,17). The molecule has 1 aliphatic heterocycles. The summed E-state index contributed by atoms with van der Waals surface area (Å²) in [4.78, 5) is 25.2. The van der Waals surface area contributed by atoms with Crippen LogP contribution in [0.15, 0.2) is 24.5 Å². The molecule has 0 spiro atoms.